The fraction of sp³-hybridized carbons (Fsp3) is 0.389. The molecule has 28 heavy (non-hydrogen) atoms. The SMILES string of the molecule is C[C@@H]1Cc2nn3c(c2CN1C(=O)Nc1ccnc(Br)c1F)C(F)=C[C@H](O)CC3. The number of carbonyl (C=O) groups excluding carboxylic acids is 1. The summed E-state index contributed by atoms with van der Waals surface area (Å²) in [6.45, 7) is 2.40. The van der Waals surface area contributed by atoms with E-state index in [-0.39, 0.29) is 22.9 Å². The third-order valence-electron chi connectivity index (χ3n) is 5.03. The molecule has 10 heteroatoms. The summed E-state index contributed by atoms with van der Waals surface area (Å²) >= 11 is 2.99. The van der Waals surface area contributed by atoms with Crippen molar-refractivity contribution >= 4 is 33.5 Å². The minimum atomic E-state index is -0.868. The Labute approximate surface area is 168 Å². The first-order chi connectivity index (χ1) is 13.3. The first kappa shape index (κ1) is 19.0. The molecule has 2 aromatic heterocycles. The molecule has 0 saturated carbocycles. The van der Waals surface area contributed by atoms with Crippen molar-refractivity contribution in [1.82, 2.24) is 19.7 Å². The van der Waals surface area contributed by atoms with E-state index < -0.39 is 23.8 Å². The lowest BCUT2D eigenvalue weighted by atomic mass is 9.99. The van der Waals surface area contributed by atoms with Gasteiger partial charge in [-0.25, -0.2) is 18.6 Å². The van der Waals surface area contributed by atoms with E-state index >= 15 is 0 Å². The number of rotatable bonds is 1. The van der Waals surface area contributed by atoms with Crippen molar-refractivity contribution in [1.29, 1.82) is 0 Å². The van der Waals surface area contributed by atoms with Crippen molar-refractivity contribution in [3.8, 4) is 0 Å². The first-order valence-corrected chi connectivity index (χ1v) is 9.66. The zero-order valence-corrected chi connectivity index (χ0v) is 16.6. The van der Waals surface area contributed by atoms with Crippen molar-refractivity contribution < 1.29 is 18.7 Å². The number of amides is 2. The van der Waals surface area contributed by atoms with Crippen molar-refractivity contribution in [2.45, 2.75) is 45.0 Å². The monoisotopic (exact) mass is 453 g/mol. The summed E-state index contributed by atoms with van der Waals surface area (Å²) in [5.74, 6) is -1.21. The number of hydrogen-bond acceptors (Lipinski definition) is 4. The molecule has 2 N–H and O–H groups in total. The van der Waals surface area contributed by atoms with E-state index in [1.54, 1.807) is 4.68 Å². The van der Waals surface area contributed by atoms with Gasteiger partial charge in [0.1, 0.15) is 16.1 Å². The highest BCUT2D eigenvalue weighted by Crippen LogP contribution is 2.33. The summed E-state index contributed by atoms with van der Waals surface area (Å²) in [7, 11) is 0. The van der Waals surface area contributed by atoms with Crippen LogP contribution in [0.1, 0.15) is 30.3 Å². The molecule has 0 saturated heterocycles. The Bertz CT molecular complexity index is 977. The van der Waals surface area contributed by atoms with E-state index in [9.17, 15) is 18.7 Å². The van der Waals surface area contributed by atoms with Crippen LogP contribution in [0.5, 0.6) is 0 Å². The summed E-state index contributed by atoms with van der Waals surface area (Å²) in [6.07, 6.45) is 2.52. The van der Waals surface area contributed by atoms with Gasteiger partial charge in [-0.1, -0.05) is 0 Å². The number of aromatic nitrogens is 3. The lowest BCUT2D eigenvalue weighted by Crippen LogP contribution is -2.45. The Morgan fingerprint density at radius 2 is 2.21 bits per heavy atom. The number of carbonyl (C=O) groups is 1. The third kappa shape index (κ3) is 3.30. The quantitative estimate of drug-likeness (QED) is 0.649. The van der Waals surface area contributed by atoms with E-state index in [0.717, 1.165) is 5.69 Å². The highest BCUT2D eigenvalue weighted by atomic mass is 79.9. The smallest absolute Gasteiger partial charge is 0.322 e. The molecular weight excluding hydrogens is 436 g/mol. The molecule has 0 aromatic carbocycles. The molecule has 148 valence electrons. The summed E-state index contributed by atoms with van der Waals surface area (Å²) in [5, 5.41) is 16.8. The third-order valence-corrected chi connectivity index (χ3v) is 5.59. The number of fused-ring (bicyclic) bond motifs is 3. The predicted octanol–water partition coefficient (Wildman–Crippen LogP) is 3.23. The van der Waals surface area contributed by atoms with Crippen LogP contribution in [0, 0.1) is 5.82 Å². The Morgan fingerprint density at radius 3 is 3.00 bits per heavy atom. The van der Waals surface area contributed by atoms with Crippen LogP contribution in [-0.2, 0) is 19.5 Å². The van der Waals surface area contributed by atoms with Crippen LogP contribution in [-0.4, -0.2) is 42.9 Å². The Morgan fingerprint density at radius 1 is 1.43 bits per heavy atom. The van der Waals surface area contributed by atoms with Gasteiger partial charge < -0.3 is 15.3 Å². The second kappa shape index (κ2) is 7.25. The van der Waals surface area contributed by atoms with Gasteiger partial charge in [0, 0.05) is 30.8 Å². The van der Waals surface area contributed by atoms with Crippen LogP contribution in [0.25, 0.3) is 5.83 Å². The maximum absolute atomic E-state index is 14.6. The Kier molecular flexibility index (Phi) is 4.92. The second-order valence-corrected chi connectivity index (χ2v) is 7.69. The largest absolute Gasteiger partial charge is 0.389 e. The topological polar surface area (TPSA) is 83.3 Å². The molecule has 2 aliphatic heterocycles. The van der Waals surface area contributed by atoms with E-state index in [2.05, 4.69) is 31.3 Å². The number of pyridine rings is 1. The van der Waals surface area contributed by atoms with Crippen LogP contribution in [0.15, 0.2) is 22.9 Å². The van der Waals surface area contributed by atoms with E-state index in [1.807, 2.05) is 6.92 Å². The minimum absolute atomic E-state index is 0.00648. The van der Waals surface area contributed by atoms with Gasteiger partial charge in [0.15, 0.2) is 5.82 Å². The number of urea groups is 1. The standard InChI is InChI=1S/C18H18BrF2N5O2/c1-9-6-14-11(16-12(20)7-10(27)3-5-26(16)24-14)8-25(9)18(28)23-13-2-4-22-17(19)15(13)21/h2,4,7,9-10,27H,3,5-6,8H2,1H3,(H,22,23,28)/t9-,10-/m1/s1. The molecule has 0 fully saturated rings. The number of aryl methyl sites for hydroxylation is 1. The summed E-state index contributed by atoms with van der Waals surface area (Å²) in [4.78, 5) is 18.1. The van der Waals surface area contributed by atoms with Crippen molar-refractivity contribution in [2.75, 3.05) is 5.32 Å². The highest BCUT2D eigenvalue weighted by Gasteiger charge is 2.34. The van der Waals surface area contributed by atoms with Gasteiger partial charge in [-0.05, 0) is 41.4 Å². The minimum Gasteiger partial charge on any atom is -0.389 e. The number of nitrogens with zero attached hydrogens (tertiary/aromatic N) is 4. The molecule has 4 heterocycles. The number of aliphatic hydroxyl groups is 1. The van der Waals surface area contributed by atoms with Crippen LogP contribution < -0.4 is 5.32 Å². The van der Waals surface area contributed by atoms with Crippen LogP contribution in [0.2, 0.25) is 0 Å². The van der Waals surface area contributed by atoms with Crippen molar-refractivity contribution in [3.05, 3.63) is 45.7 Å². The van der Waals surface area contributed by atoms with Crippen LogP contribution >= 0.6 is 15.9 Å². The first-order valence-electron chi connectivity index (χ1n) is 8.87. The van der Waals surface area contributed by atoms with Crippen LogP contribution in [0.3, 0.4) is 0 Å². The second-order valence-electron chi connectivity index (χ2n) is 6.94. The molecule has 2 aromatic rings. The average molecular weight is 454 g/mol. The maximum atomic E-state index is 14.6. The van der Waals surface area contributed by atoms with Gasteiger partial charge in [-0.2, -0.15) is 5.10 Å². The average Bonchev–Trinajstić information content (AvgIpc) is 2.93. The molecule has 2 amide bonds. The summed E-state index contributed by atoms with van der Waals surface area (Å²) in [5.41, 5.74) is 1.67. The molecule has 7 nitrogen and oxygen atoms in total. The molecule has 0 aliphatic carbocycles. The van der Waals surface area contributed by atoms with Gasteiger partial charge >= 0.3 is 6.03 Å². The lowest BCUT2D eigenvalue weighted by molar-refractivity contribution is 0.181. The molecule has 0 radical (unpaired) electrons. The number of halogens is 3. The Balaban J connectivity index is 1.63. The van der Waals surface area contributed by atoms with Crippen LogP contribution in [0.4, 0.5) is 19.3 Å². The molecular formula is C18H18BrF2N5O2. The molecule has 2 atom stereocenters. The number of hydrogen-bond donors (Lipinski definition) is 2. The van der Waals surface area contributed by atoms with Crippen molar-refractivity contribution in [3.63, 3.8) is 0 Å². The van der Waals surface area contributed by atoms with Gasteiger partial charge in [0.05, 0.1) is 24.0 Å². The number of nitrogens with one attached hydrogen (secondary N) is 1. The fourth-order valence-corrected chi connectivity index (χ4v) is 3.92. The molecule has 4 rings (SSSR count). The van der Waals surface area contributed by atoms with E-state index in [1.165, 1.54) is 23.2 Å². The maximum Gasteiger partial charge on any atom is 0.322 e. The summed E-state index contributed by atoms with van der Waals surface area (Å²) < 4.78 is 30.3. The molecule has 0 unspecified atom stereocenters. The van der Waals surface area contributed by atoms with E-state index in [0.29, 0.717) is 30.6 Å². The molecule has 2 aliphatic rings. The zero-order chi connectivity index (χ0) is 20.0. The van der Waals surface area contributed by atoms with Gasteiger partial charge in [-0.3, -0.25) is 4.68 Å². The van der Waals surface area contributed by atoms with Gasteiger partial charge in [0.2, 0.25) is 0 Å². The van der Waals surface area contributed by atoms with Crippen molar-refractivity contribution in [2.24, 2.45) is 0 Å². The van der Waals surface area contributed by atoms with Gasteiger partial charge in [0.25, 0.3) is 0 Å². The Hall–Kier alpha value is -2.33. The number of aliphatic hydroxyl groups excluding tert-OH is 1. The molecule has 0 spiro atoms. The predicted molar refractivity (Wildman–Crippen MR) is 102 cm³/mol. The van der Waals surface area contributed by atoms with Gasteiger partial charge in [-0.15, -0.1) is 0 Å². The summed E-state index contributed by atoms with van der Waals surface area (Å²) in [6, 6.07) is 0.680. The highest BCUT2D eigenvalue weighted by molar-refractivity contribution is 9.10. The van der Waals surface area contributed by atoms with E-state index in [4.69, 9.17) is 0 Å². The normalized spacial score (nSPS) is 21.5. The zero-order valence-electron chi connectivity index (χ0n) is 15.0. The lowest BCUT2D eigenvalue weighted by Gasteiger charge is -2.33. The number of anilines is 1. The molecule has 0 bridgehead atoms. The fourth-order valence-electron chi connectivity index (χ4n) is 3.58.